The van der Waals surface area contributed by atoms with Gasteiger partial charge in [0.2, 0.25) is 0 Å². The van der Waals surface area contributed by atoms with Crippen LogP contribution in [0.4, 0.5) is 0 Å². The first-order chi connectivity index (χ1) is 16.0. The van der Waals surface area contributed by atoms with Crippen LogP contribution in [0.25, 0.3) is 0 Å². The van der Waals surface area contributed by atoms with Crippen LogP contribution in [0.2, 0.25) is 0 Å². The van der Waals surface area contributed by atoms with Gasteiger partial charge < -0.3 is 14.5 Å². The molecule has 0 spiro atoms. The fourth-order valence-corrected chi connectivity index (χ4v) is 4.15. The Kier molecular flexibility index (Phi) is 12.0. The van der Waals surface area contributed by atoms with Crippen molar-refractivity contribution in [1.82, 2.24) is 9.80 Å². The summed E-state index contributed by atoms with van der Waals surface area (Å²) in [5.74, 6) is 0.982. The van der Waals surface area contributed by atoms with Gasteiger partial charge in [0.05, 0.1) is 6.61 Å². The number of nitrogens with zero attached hydrogens (tertiary/aromatic N) is 2. The first-order valence-electron chi connectivity index (χ1n) is 12.9. The largest absolute Gasteiger partial charge is 0.494 e. The van der Waals surface area contributed by atoms with E-state index in [1.807, 2.05) is 36.1 Å². The summed E-state index contributed by atoms with van der Waals surface area (Å²) >= 11 is 0. The Bertz CT molecular complexity index is 797. The van der Waals surface area contributed by atoms with Crippen molar-refractivity contribution in [3.05, 3.63) is 65.2 Å². The Labute approximate surface area is 201 Å². The summed E-state index contributed by atoms with van der Waals surface area (Å²) in [6, 6.07) is 16.5. The van der Waals surface area contributed by atoms with Crippen molar-refractivity contribution in [1.29, 1.82) is 0 Å². The number of amides is 1. The van der Waals surface area contributed by atoms with Crippen LogP contribution in [0.1, 0.15) is 81.8 Å². The van der Waals surface area contributed by atoms with Crippen molar-refractivity contribution in [3.8, 4) is 5.75 Å². The lowest BCUT2D eigenvalue weighted by Crippen LogP contribution is -2.38. The molecule has 2 aromatic carbocycles. The number of hydrogen-bond donors (Lipinski definition) is 0. The lowest BCUT2D eigenvalue weighted by atomic mass is 10.0. The minimum absolute atomic E-state index is 0.112. The Morgan fingerprint density at radius 3 is 2.09 bits per heavy atom. The van der Waals surface area contributed by atoms with Crippen molar-refractivity contribution < 1.29 is 9.53 Å². The second kappa shape index (κ2) is 14.7. The maximum absolute atomic E-state index is 13.6. The average molecular weight is 453 g/mol. The molecule has 1 amide bonds. The Morgan fingerprint density at radius 2 is 1.52 bits per heavy atom. The summed E-state index contributed by atoms with van der Waals surface area (Å²) in [6.07, 6.45) is 5.52. The van der Waals surface area contributed by atoms with Crippen molar-refractivity contribution >= 4 is 5.91 Å². The van der Waals surface area contributed by atoms with E-state index in [0.717, 1.165) is 55.8 Å². The maximum Gasteiger partial charge on any atom is 0.254 e. The monoisotopic (exact) mass is 452 g/mol. The van der Waals surface area contributed by atoms with Crippen LogP contribution in [0.3, 0.4) is 0 Å². The van der Waals surface area contributed by atoms with E-state index < -0.39 is 0 Å². The van der Waals surface area contributed by atoms with E-state index in [-0.39, 0.29) is 11.9 Å². The van der Waals surface area contributed by atoms with Gasteiger partial charge >= 0.3 is 0 Å². The van der Waals surface area contributed by atoms with Gasteiger partial charge in [-0.25, -0.2) is 0 Å². The van der Waals surface area contributed by atoms with Gasteiger partial charge in [-0.1, -0.05) is 51.5 Å². The highest BCUT2D eigenvalue weighted by Crippen LogP contribution is 2.20. The summed E-state index contributed by atoms with van der Waals surface area (Å²) in [7, 11) is 0. The van der Waals surface area contributed by atoms with Crippen molar-refractivity contribution in [2.45, 2.75) is 79.3 Å². The summed E-state index contributed by atoms with van der Waals surface area (Å²) in [5, 5.41) is 0. The molecule has 182 valence electrons. The summed E-state index contributed by atoms with van der Waals surface area (Å²) in [5.41, 5.74) is 3.21. The molecule has 0 aliphatic heterocycles. The third kappa shape index (κ3) is 8.85. The fourth-order valence-electron chi connectivity index (χ4n) is 4.15. The SMILES string of the molecule is CCCCc1ccc(C(=O)N(Cc2ccc(OCC)cc2)C(C)CCCN(CC)CC)cc1. The lowest BCUT2D eigenvalue weighted by Gasteiger charge is -2.30. The number of benzene rings is 2. The minimum Gasteiger partial charge on any atom is -0.494 e. The second-order valence-electron chi connectivity index (χ2n) is 8.83. The van der Waals surface area contributed by atoms with Gasteiger partial charge in [0.25, 0.3) is 5.91 Å². The summed E-state index contributed by atoms with van der Waals surface area (Å²) in [4.78, 5) is 18.1. The fraction of sp³-hybridized carbons (Fsp3) is 0.552. The quantitative estimate of drug-likeness (QED) is 0.306. The number of rotatable bonds is 15. The maximum atomic E-state index is 13.6. The Morgan fingerprint density at radius 1 is 0.879 bits per heavy atom. The summed E-state index contributed by atoms with van der Waals surface area (Å²) in [6.45, 7) is 15.3. The van der Waals surface area contributed by atoms with Crippen LogP contribution in [0, 0.1) is 0 Å². The summed E-state index contributed by atoms with van der Waals surface area (Å²) < 4.78 is 5.58. The van der Waals surface area contributed by atoms with Crippen molar-refractivity contribution in [2.75, 3.05) is 26.2 Å². The Hall–Kier alpha value is -2.33. The van der Waals surface area contributed by atoms with E-state index in [4.69, 9.17) is 4.74 Å². The van der Waals surface area contributed by atoms with E-state index in [1.54, 1.807) is 0 Å². The zero-order valence-electron chi connectivity index (χ0n) is 21.5. The first-order valence-corrected chi connectivity index (χ1v) is 12.9. The smallest absolute Gasteiger partial charge is 0.254 e. The van der Waals surface area contributed by atoms with Crippen LogP contribution in [0.5, 0.6) is 5.75 Å². The number of hydrogen-bond acceptors (Lipinski definition) is 3. The van der Waals surface area contributed by atoms with Crippen LogP contribution >= 0.6 is 0 Å². The molecule has 1 atom stereocenters. The molecule has 0 aliphatic carbocycles. The van der Waals surface area contributed by atoms with Gasteiger partial charge in [-0.15, -0.1) is 0 Å². The molecule has 0 heterocycles. The standard InChI is InChI=1S/C29H44N2O2/c1-6-10-13-25-14-18-27(19-15-25)29(32)31(24(5)12-11-22-30(7-2)8-3)23-26-16-20-28(21-17-26)33-9-4/h14-21,24H,6-13,22-23H2,1-5H3. The van der Waals surface area contributed by atoms with Crippen molar-refractivity contribution in [3.63, 3.8) is 0 Å². The molecule has 2 aromatic rings. The second-order valence-corrected chi connectivity index (χ2v) is 8.83. The highest BCUT2D eigenvalue weighted by atomic mass is 16.5. The minimum atomic E-state index is 0.112. The molecule has 0 bridgehead atoms. The van der Waals surface area contributed by atoms with Gasteiger partial charge in [0, 0.05) is 18.2 Å². The van der Waals surface area contributed by atoms with Gasteiger partial charge in [0.1, 0.15) is 5.75 Å². The lowest BCUT2D eigenvalue weighted by molar-refractivity contribution is 0.0662. The van der Waals surface area contributed by atoms with Crippen LogP contribution in [-0.4, -0.2) is 48.0 Å². The molecule has 2 rings (SSSR count). The molecule has 0 saturated heterocycles. The number of carbonyl (C=O) groups excluding carboxylic acids is 1. The molecule has 4 heteroatoms. The molecule has 0 N–H and O–H groups in total. The normalized spacial score (nSPS) is 12.1. The van der Waals surface area contributed by atoms with Gasteiger partial charge in [-0.05, 0) is 94.6 Å². The number of carbonyl (C=O) groups is 1. The van der Waals surface area contributed by atoms with E-state index >= 15 is 0 Å². The Balaban J connectivity index is 2.14. The molecule has 33 heavy (non-hydrogen) atoms. The molecule has 0 saturated carbocycles. The molecular weight excluding hydrogens is 408 g/mol. The topological polar surface area (TPSA) is 32.8 Å². The molecule has 0 aromatic heterocycles. The average Bonchev–Trinajstić information content (AvgIpc) is 2.85. The molecule has 1 unspecified atom stereocenters. The van der Waals surface area contributed by atoms with Crippen molar-refractivity contribution in [2.24, 2.45) is 0 Å². The number of aryl methyl sites for hydroxylation is 1. The number of ether oxygens (including phenoxy) is 1. The van der Waals surface area contributed by atoms with E-state index in [0.29, 0.717) is 13.2 Å². The van der Waals surface area contributed by atoms with Gasteiger partial charge in [-0.3, -0.25) is 4.79 Å². The highest BCUT2D eigenvalue weighted by Gasteiger charge is 2.22. The zero-order valence-corrected chi connectivity index (χ0v) is 21.5. The zero-order chi connectivity index (χ0) is 24.1. The highest BCUT2D eigenvalue weighted by molar-refractivity contribution is 5.94. The van der Waals surface area contributed by atoms with E-state index in [1.165, 1.54) is 18.4 Å². The van der Waals surface area contributed by atoms with Gasteiger partial charge in [-0.2, -0.15) is 0 Å². The van der Waals surface area contributed by atoms with Crippen LogP contribution in [0.15, 0.2) is 48.5 Å². The van der Waals surface area contributed by atoms with Gasteiger partial charge in [0.15, 0.2) is 0 Å². The van der Waals surface area contributed by atoms with E-state index in [2.05, 4.69) is 56.9 Å². The first kappa shape index (κ1) is 26.9. The molecule has 0 fully saturated rings. The van der Waals surface area contributed by atoms with Crippen LogP contribution < -0.4 is 4.74 Å². The van der Waals surface area contributed by atoms with Crippen LogP contribution in [-0.2, 0) is 13.0 Å². The number of unbranched alkanes of at least 4 members (excludes halogenated alkanes) is 1. The molecule has 0 radical (unpaired) electrons. The predicted octanol–water partition coefficient (Wildman–Crippen LogP) is 6.58. The molecule has 0 aliphatic rings. The molecule has 4 nitrogen and oxygen atoms in total. The third-order valence-corrected chi connectivity index (χ3v) is 6.39. The predicted molar refractivity (Wildman–Crippen MR) is 139 cm³/mol. The molecular formula is C29H44N2O2. The van der Waals surface area contributed by atoms with E-state index in [9.17, 15) is 4.79 Å². The third-order valence-electron chi connectivity index (χ3n) is 6.39.